The molecule has 0 radical (unpaired) electrons. The first-order chi connectivity index (χ1) is 13.7. The zero-order valence-corrected chi connectivity index (χ0v) is 15.5. The monoisotopic (exact) mass is 379 g/mol. The smallest absolute Gasteiger partial charge is 0.272 e. The molecule has 3 aromatic rings. The van der Waals surface area contributed by atoms with Crippen LogP contribution in [0.2, 0.25) is 0 Å². The molecule has 1 aromatic carbocycles. The fourth-order valence-corrected chi connectivity index (χ4v) is 3.27. The van der Waals surface area contributed by atoms with E-state index in [-0.39, 0.29) is 12.0 Å². The SMILES string of the molecule is COc1cccc(-c2cc(C(=O)N3CCCC(Oc4cnccn4)C3)[nH]n2)c1. The minimum atomic E-state index is -0.102. The second-order valence-corrected chi connectivity index (χ2v) is 6.58. The summed E-state index contributed by atoms with van der Waals surface area (Å²) in [6, 6.07) is 9.34. The van der Waals surface area contributed by atoms with E-state index in [4.69, 9.17) is 9.47 Å². The van der Waals surface area contributed by atoms with Gasteiger partial charge in [0.05, 0.1) is 25.5 Å². The average Bonchev–Trinajstić information content (AvgIpc) is 3.24. The number of hydrogen-bond acceptors (Lipinski definition) is 6. The first-order valence-corrected chi connectivity index (χ1v) is 9.15. The first kappa shape index (κ1) is 18.0. The Kier molecular flexibility index (Phi) is 5.18. The fraction of sp³-hybridized carbons (Fsp3) is 0.300. The Labute approximate surface area is 162 Å². The van der Waals surface area contributed by atoms with E-state index in [1.165, 1.54) is 0 Å². The lowest BCUT2D eigenvalue weighted by atomic mass is 10.1. The van der Waals surface area contributed by atoms with Gasteiger partial charge in [-0.2, -0.15) is 5.10 Å². The van der Waals surface area contributed by atoms with E-state index in [2.05, 4.69) is 20.2 Å². The molecule has 1 N–H and O–H groups in total. The largest absolute Gasteiger partial charge is 0.497 e. The van der Waals surface area contributed by atoms with Crippen molar-refractivity contribution in [2.75, 3.05) is 20.2 Å². The molecule has 1 amide bonds. The predicted molar refractivity (Wildman–Crippen MR) is 102 cm³/mol. The molecule has 4 rings (SSSR count). The number of H-pyrrole nitrogens is 1. The Morgan fingerprint density at radius 1 is 1.29 bits per heavy atom. The number of hydrogen-bond donors (Lipinski definition) is 1. The highest BCUT2D eigenvalue weighted by Gasteiger charge is 2.27. The van der Waals surface area contributed by atoms with Gasteiger partial charge in [0.2, 0.25) is 5.88 Å². The van der Waals surface area contributed by atoms with Gasteiger partial charge in [-0.1, -0.05) is 12.1 Å². The van der Waals surface area contributed by atoms with Gasteiger partial charge < -0.3 is 14.4 Å². The van der Waals surface area contributed by atoms with Crippen molar-refractivity contribution in [2.45, 2.75) is 18.9 Å². The van der Waals surface area contributed by atoms with Crippen LogP contribution in [-0.4, -0.2) is 57.3 Å². The highest BCUT2D eigenvalue weighted by Crippen LogP contribution is 2.24. The number of rotatable bonds is 5. The van der Waals surface area contributed by atoms with Gasteiger partial charge in [0, 0.05) is 24.5 Å². The van der Waals surface area contributed by atoms with Crippen LogP contribution in [0, 0.1) is 0 Å². The molecule has 144 valence electrons. The summed E-state index contributed by atoms with van der Waals surface area (Å²) in [6.45, 7) is 1.19. The molecular formula is C20H21N5O3. The number of methoxy groups -OCH3 is 1. The van der Waals surface area contributed by atoms with E-state index in [0.29, 0.717) is 30.4 Å². The Balaban J connectivity index is 1.44. The maximum atomic E-state index is 12.9. The minimum Gasteiger partial charge on any atom is -0.497 e. The molecule has 1 aliphatic rings. The molecule has 8 nitrogen and oxygen atoms in total. The van der Waals surface area contributed by atoms with Crippen LogP contribution in [0.3, 0.4) is 0 Å². The lowest BCUT2D eigenvalue weighted by molar-refractivity contribution is 0.0521. The summed E-state index contributed by atoms with van der Waals surface area (Å²) < 4.78 is 11.1. The molecule has 1 unspecified atom stereocenters. The molecule has 1 aliphatic heterocycles. The van der Waals surface area contributed by atoms with Gasteiger partial charge in [-0.25, -0.2) is 4.98 Å². The van der Waals surface area contributed by atoms with E-state index < -0.39 is 0 Å². The Bertz CT molecular complexity index is 944. The highest BCUT2D eigenvalue weighted by atomic mass is 16.5. The maximum Gasteiger partial charge on any atom is 0.272 e. The van der Waals surface area contributed by atoms with Crippen LogP contribution >= 0.6 is 0 Å². The van der Waals surface area contributed by atoms with Crippen LogP contribution in [0.1, 0.15) is 23.3 Å². The van der Waals surface area contributed by atoms with Crippen molar-refractivity contribution in [2.24, 2.45) is 0 Å². The lowest BCUT2D eigenvalue weighted by Crippen LogP contribution is -2.44. The number of likely N-dealkylation sites (tertiary alicyclic amines) is 1. The van der Waals surface area contributed by atoms with Crippen LogP contribution < -0.4 is 9.47 Å². The molecule has 0 saturated carbocycles. The van der Waals surface area contributed by atoms with Crippen molar-refractivity contribution in [3.05, 3.63) is 54.6 Å². The van der Waals surface area contributed by atoms with E-state index in [0.717, 1.165) is 24.2 Å². The number of nitrogens with one attached hydrogen (secondary N) is 1. The van der Waals surface area contributed by atoms with E-state index in [9.17, 15) is 4.79 Å². The van der Waals surface area contributed by atoms with Gasteiger partial charge in [0.25, 0.3) is 5.91 Å². The van der Waals surface area contributed by atoms with Gasteiger partial charge in [-0.3, -0.25) is 14.9 Å². The number of piperidine rings is 1. The molecule has 0 bridgehead atoms. The molecule has 3 heterocycles. The summed E-state index contributed by atoms with van der Waals surface area (Å²) in [5.74, 6) is 1.13. The van der Waals surface area contributed by atoms with Crippen molar-refractivity contribution in [1.29, 1.82) is 0 Å². The summed E-state index contributed by atoms with van der Waals surface area (Å²) in [5.41, 5.74) is 2.04. The molecule has 1 saturated heterocycles. The third-order valence-electron chi connectivity index (χ3n) is 4.67. The standard InChI is InChI=1S/C20H21N5O3/c1-27-15-5-2-4-14(10-15)17-11-18(24-23-17)20(26)25-9-3-6-16(13-25)28-19-12-21-7-8-22-19/h2,4-5,7-8,10-12,16H,3,6,9,13H2,1H3,(H,23,24). The molecule has 0 spiro atoms. The van der Waals surface area contributed by atoms with Crippen LogP contribution in [0.4, 0.5) is 0 Å². The zero-order chi connectivity index (χ0) is 19.3. The predicted octanol–water partition coefficient (Wildman–Crippen LogP) is 2.56. The summed E-state index contributed by atoms with van der Waals surface area (Å²) in [6.07, 6.45) is 6.41. The molecule has 28 heavy (non-hydrogen) atoms. The number of carbonyl (C=O) groups excluding carboxylic acids is 1. The molecule has 0 aliphatic carbocycles. The lowest BCUT2D eigenvalue weighted by Gasteiger charge is -2.32. The average molecular weight is 379 g/mol. The Morgan fingerprint density at radius 2 is 2.21 bits per heavy atom. The van der Waals surface area contributed by atoms with Gasteiger partial charge >= 0.3 is 0 Å². The van der Waals surface area contributed by atoms with E-state index in [1.807, 2.05) is 24.3 Å². The molecule has 2 aromatic heterocycles. The normalized spacial score (nSPS) is 16.6. The summed E-state index contributed by atoms with van der Waals surface area (Å²) >= 11 is 0. The number of nitrogens with zero attached hydrogens (tertiary/aromatic N) is 4. The number of ether oxygens (including phenoxy) is 2. The number of aromatic nitrogens is 4. The van der Waals surface area contributed by atoms with E-state index >= 15 is 0 Å². The third kappa shape index (κ3) is 3.95. The van der Waals surface area contributed by atoms with Crippen LogP contribution in [-0.2, 0) is 0 Å². The fourth-order valence-electron chi connectivity index (χ4n) is 3.27. The van der Waals surface area contributed by atoms with Crippen molar-refractivity contribution in [1.82, 2.24) is 25.1 Å². The van der Waals surface area contributed by atoms with Gasteiger partial charge in [0.15, 0.2) is 0 Å². The van der Waals surface area contributed by atoms with Crippen molar-refractivity contribution >= 4 is 5.91 Å². The number of aromatic amines is 1. The summed E-state index contributed by atoms with van der Waals surface area (Å²) in [5, 5.41) is 7.15. The third-order valence-corrected chi connectivity index (χ3v) is 4.67. The summed E-state index contributed by atoms with van der Waals surface area (Å²) in [4.78, 5) is 22.8. The second-order valence-electron chi connectivity index (χ2n) is 6.58. The number of benzene rings is 1. The first-order valence-electron chi connectivity index (χ1n) is 9.15. The van der Waals surface area contributed by atoms with Crippen molar-refractivity contribution in [3.63, 3.8) is 0 Å². The highest BCUT2D eigenvalue weighted by molar-refractivity contribution is 5.93. The van der Waals surface area contributed by atoms with Crippen LogP contribution in [0.25, 0.3) is 11.3 Å². The quantitative estimate of drug-likeness (QED) is 0.732. The van der Waals surface area contributed by atoms with Crippen molar-refractivity contribution < 1.29 is 14.3 Å². The van der Waals surface area contributed by atoms with Crippen LogP contribution in [0.15, 0.2) is 48.9 Å². The van der Waals surface area contributed by atoms with Crippen LogP contribution in [0.5, 0.6) is 11.6 Å². The number of amides is 1. The minimum absolute atomic E-state index is 0.0888. The summed E-state index contributed by atoms with van der Waals surface area (Å²) in [7, 11) is 1.62. The van der Waals surface area contributed by atoms with Gasteiger partial charge in [-0.05, 0) is 31.0 Å². The second kappa shape index (κ2) is 8.08. The topological polar surface area (TPSA) is 93.2 Å². The van der Waals surface area contributed by atoms with E-state index in [1.54, 1.807) is 36.7 Å². The van der Waals surface area contributed by atoms with Gasteiger partial charge in [0.1, 0.15) is 17.5 Å². The van der Waals surface area contributed by atoms with Crippen molar-refractivity contribution in [3.8, 4) is 22.9 Å². The van der Waals surface area contributed by atoms with Gasteiger partial charge in [-0.15, -0.1) is 0 Å². The molecule has 1 fully saturated rings. The molecule has 8 heteroatoms. The molecule has 1 atom stereocenters. The Hall–Kier alpha value is -3.42. The molecular weight excluding hydrogens is 358 g/mol. The maximum absolute atomic E-state index is 12.9. The Morgan fingerprint density at radius 3 is 3.04 bits per heavy atom. The zero-order valence-electron chi connectivity index (χ0n) is 15.5. The number of carbonyl (C=O) groups is 1.